The van der Waals surface area contributed by atoms with Gasteiger partial charge in [-0.15, -0.1) is 0 Å². The second-order valence-corrected chi connectivity index (χ2v) is 5.19. The van der Waals surface area contributed by atoms with Gasteiger partial charge in [0.15, 0.2) is 10.6 Å². The molecule has 2 aromatic carbocycles. The van der Waals surface area contributed by atoms with Gasteiger partial charge in [0.05, 0.1) is 12.7 Å². The van der Waals surface area contributed by atoms with E-state index in [0.717, 1.165) is 11.3 Å². The third kappa shape index (κ3) is 2.57. The van der Waals surface area contributed by atoms with Crippen molar-refractivity contribution in [2.45, 2.75) is 0 Å². The molecular weight excluding hydrogens is 306 g/mol. The van der Waals surface area contributed by atoms with Crippen LogP contribution in [0.15, 0.2) is 48.5 Å². The topological polar surface area (TPSA) is 42.8 Å². The minimum atomic E-state index is 0.512. The van der Waals surface area contributed by atoms with E-state index in [2.05, 4.69) is 10.2 Å². The fraction of sp³-hybridized carbons (Fsp3) is 0.0667. The number of nitrogens with zero attached hydrogens (tertiary/aromatic N) is 2. The monoisotopic (exact) mass is 317 g/mol. The van der Waals surface area contributed by atoms with Crippen LogP contribution in [-0.4, -0.2) is 21.9 Å². The number of hydrogen-bond acceptors (Lipinski definition) is 3. The van der Waals surface area contributed by atoms with Gasteiger partial charge in [-0.2, -0.15) is 5.10 Å². The Kier molecular flexibility index (Phi) is 3.77. The molecule has 1 N–H and O–H groups in total. The Morgan fingerprint density at radius 1 is 1.19 bits per heavy atom. The summed E-state index contributed by atoms with van der Waals surface area (Å²) in [5, 5.41) is 7.75. The summed E-state index contributed by atoms with van der Waals surface area (Å²) in [6.45, 7) is 0. The number of nitrogens with one attached hydrogen (secondary N) is 1. The van der Waals surface area contributed by atoms with Crippen molar-refractivity contribution in [2.75, 3.05) is 7.11 Å². The van der Waals surface area contributed by atoms with E-state index in [-0.39, 0.29) is 0 Å². The van der Waals surface area contributed by atoms with Crippen LogP contribution in [0.1, 0.15) is 0 Å². The number of para-hydroxylation sites is 1. The summed E-state index contributed by atoms with van der Waals surface area (Å²) >= 11 is 11.4. The molecule has 0 aliphatic heterocycles. The number of halogens is 1. The molecule has 0 unspecified atom stereocenters. The highest BCUT2D eigenvalue weighted by Gasteiger charge is 2.15. The number of methoxy groups -OCH3 is 1. The zero-order valence-corrected chi connectivity index (χ0v) is 12.8. The Balaban J connectivity index is 2.26. The minimum Gasteiger partial charge on any atom is -0.496 e. The van der Waals surface area contributed by atoms with E-state index in [0.29, 0.717) is 21.4 Å². The summed E-state index contributed by atoms with van der Waals surface area (Å²) in [7, 11) is 1.61. The SMILES string of the molecule is COc1ccc(Cl)cc1-c1n[nH]c(=S)n1-c1ccccc1. The second kappa shape index (κ2) is 5.71. The van der Waals surface area contributed by atoms with Crippen LogP contribution in [0.2, 0.25) is 5.02 Å². The molecule has 0 fully saturated rings. The van der Waals surface area contributed by atoms with Gasteiger partial charge in [0, 0.05) is 10.7 Å². The van der Waals surface area contributed by atoms with Crippen molar-refractivity contribution in [3.63, 3.8) is 0 Å². The van der Waals surface area contributed by atoms with Crippen LogP contribution in [0.25, 0.3) is 17.1 Å². The zero-order valence-electron chi connectivity index (χ0n) is 11.2. The standard InChI is InChI=1S/C15H12ClN3OS/c1-20-13-8-7-10(16)9-12(13)14-17-18-15(21)19(14)11-5-3-2-4-6-11/h2-9H,1H3,(H,18,21). The van der Waals surface area contributed by atoms with Crippen molar-refractivity contribution in [2.24, 2.45) is 0 Å². The molecule has 3 aromatic rings. The van der Waals surface area contributed by atoms with Crippen molar-refractivity contribution in [1.29, 1.82) is 0 Å². The molecule has 0 amide bonds. The molecule has 106 valence electrons. The summed E-state index contributed by atoms with van der Waals surface area (Å²) in [4.78, 5) is 0. The first-order valence-electron chi connectivity index (χ1n) is 6.27. The van der Waals surface area contributed by atoms with Crippen molar-refractivity contribution >= 4 is 23.8 Å². The van der Waals surface area contributed by atoms with E-state index in [1.807, 2.05) is 47.0 Å². The third-order valence-corrected chi connectivity index (χ3v) is 3.60. The normalized spacial score (nSPS) is 10.6. The molecule has 0 aliphatic carbocycles. The van der Waals surface area contributed by atoms with Crippen molar-refractivity contribution in [3.05, 3.63) is 58.3 Å². The maximum Gasteiger partial charge on any atom is 0.200 e. The second-order valence-electron chi connectivity index (χ2n) is 4.37. The van der Waals surface area contributed by atoms with Gasteiger partial charge in [-0.3, -0.25) is 9.67 Å². The number of aromatic nitrogens is 3. The van der Waals surface area contributed by atoms with Crippen molar-refractivity contribution < 1.29 is 4.74 Å². The van der Waals surface area contributed by atoms with Gasteiger partial charge < -0.3 is 4.74 Å². The lowest BCUT2D eigenvalue weighted by Crippen LogP contribution is -1.99. The highest BCUT2D eigenvalue weighted by Crippen LogP contribution is 2.32. The molecule has 1 heterocycles. The van der Waals surface area contributed by atoms with Crippen molar-refractivity contribution in [1.82, 2.24) is 14.8 Å². The first kappa shape index (κ1) is 13.9. The van der Waals surface area contributed by atoms with E-state index in [1.54, 1.807) is 13.2 Å². The van der Waals surface area contributed by atoms with Crippen LogP contribution in [0.4, 0.5) is 0 Å². The number of aromatic amines is 1. The molecule has 1 aromatic heterocycles. The lowest BCUT2D eigenvalue weighted by molar-refractivity contribution is 0.416. The molecular formula is C15H12ClN3OS. The largest absolute Gasteiger partial charge is 0.496 e. The van der Waals surface area contributed by atoms with Gasteiger partial charge in [-0.1, -0.05) is 29.8 Å². The quantitative estimate of drug-likeness (QED) is 0.734. The maximum absolute atomic E-state index is 6.10. The Morgan fingerprint density at radius 2 is 1.95 bits per heavy atom. The lowest BCUT2D eigenvalue weighted by atomic mass is 10.2. The zero-order chi connectivity index (χ0) is 14.8. The van der Waals surface area contributed by atoms with Crippen LogP contribution in [-0.2, 0) is 0 Å². The molecule has 0 atom stereocenters. The van der Waals surface area contributed by atoms with Gasteiger partial charge in [0.25, 0.3) is 0 Å². The van der Waals surface area contributed by atoms with Crippen LogP contribution < -0.4 is 4.74 Å². The lowest BCUT2D eigenvalue weighted by Gasteiger charge is -2.10. The number of H-pyrrole nitrogens is 1. The predicted molar refractivity (Wildman–Crippen MR) is 85.7 cm³/mol. The van der Waals surface area contributed by atoms with E-state index >= 15 is 0 Å². The van der Waals surface area contributed by atoms with Gasteiger partial charge in [0.2, 0.25) is 0 Å². The predicted octanol–water partition coefficient (Wildman–Crippen LogP) is 4.26. The molecule has 0 radical (unpaired) electrons. The molecule has 3 rings (SSSR count). The molecule has 4 nitrogen and oxygen atoms in total. The fourth-order valence-electron chi connectivity index (χ4n) is 2.15. The average Bonchev–Trinajstić information content (AvgIpc) is 2.89. The first-order valence-corrected chi connectivity index (χ1v) is 7.06. The van der Waals surface area contributed by atoms with Crippen molar-refractivity contribution in [3.8, 4) is 22.8 Å². The fourth-order valence-corrected chi connectivity index (χ4v) is 2.56. The summed E-state index contributed by atoms with van der Waals surface area (Å²) in [6.07, 6.45) is 0. The Hall–Kier alpha value is -2.11. The van der Waals surface area contributed by atoms with Gasteiger partial charge in [0.1, 0.15) is 5.75 Å². The molecule has 0 saturated heterocycles. The van der Waals surface area contributed by atoms with Gasteiger partial charge >= 0.3 is 0 Å². The number of rotatable bonds is 3. The van der Waals surface area contributed by atoms with Gasteiger partial charge in [-0.25, -0.2) is 0 Å². The summed E-state index contributed by atoms with van der Waals surface area (Å²) < 4.78 is 7.76. The Morgan fingerprint density at radius 3 is 2.67 bits per heavy atom. The highest BCUT2D eigenvalue weighted by molar-refractivity contribution is 7.71. The molecule has 0 spiro atoms. The summed E-state index contributed by atoms with van der Waals surface area (Å²) in [5.41, 5.74) is 1.70. The smallest absolute Gasteiger partial charge is 0.200 e. The van der Waals surface area contributed by atoms with Crippen LogP contribution in [0, 0.1) is 4.77 Å². The average molecular weight is 318 g/mol. The Labute approximate surface area is 132 Å². The summed E-state index contributed by atoms with van der Waals surface area (Å²) in [6, 6.07) is 15.2. The summed E-state index contributed by atoms with van der Waals surface area (Å²) in [5.74, 6) is 1.34. The Bertz CT molecular complexity index is 826. The number of ether oxygens (including phenoxy) is 1. The molecule has 6 heteroatoms. The first-order chi connectivity index (χ1) is 10.2. The molecule has 21 heavy (non-hydrogen) atoms. The van der Waals surface area contributed by atoms with E-state index < -0.39 is 0 Å². The minimum absolute atomic E-state index is 0.512. The number of benzene rings is 2. The van der Waals surface area contributed by atoms with Crippen LogP contribution >= 0.6 is 23.8 Å². The molecule has 0 bridgehead atoms. The van der Waals surface area contributed by atoms with E-state index in [1.165, 1.54) is 0 Å². The highest BCUT2D eigenvalue weighted by atomic mass is 35.5. The maximum atomic E-state index is 6.10. The molecule has 0 aliphatic rings. The van der Waals surface area contributed by atoms with Crippen LogP contribution in [0.3, 0.4) is 0 Å². The number of hydrogen-bond donors (Lipinski definition) is 1. The third-order valence-electron chi connectivity index (χ3n) is 3.09. The van der Waals surface area contributed by atoms with Gasteiger partial charge in [-0.05, 0) is 42.5 Å². The molecule has 0 saturated carbocycles. The van der Waals surface area contributed by atoms with Crippen LogP contribution in [0.5, 0.6) is 5.75 Å². The van der Waals surface area contributed by atoms with E-state index in [9.17, 15) is 0 Å². The van der Waals surface area contributed by atoms with E-state index in [4.69, 9.17) is 28.6 Å².